The molecule has 2 atom stereocenters. The van der Waals surface area contributed by atoms with E-state index in [4.69, 9.17) is 0 Å². The van der Waals surface area contributed by atoms with Gasteiger partial charge < -0.3 is 10.4 Å². The highest BCUT2D eigenvalue weighted by atomic mass is 16.3. The zero-order valence-electron chi connectivity index (χ0n) is 13.4. The highest BCUT2D eigenvalue weighted by molar-refractivity contribution is 5.50. The van der Waals surface area contributed by atoms with Gasteiger partial charge in [0.2, 0.25) is 0 Å². The number of phenolic OH excluding ortho intramolecular Hbond substituents is 1. The highest BCUT2D eigenvalue weighted by Gasteiger charge is 2.31. The van der Waals surface area contributed by atoms with Gasteiger partial charge in [0.05, 0.1) is 0 Å². The molecule has 2 N–H and O–H groups in total. The largest absolute Gasteiger partial charge is 0.508 e. The smallest absolute Gasteiger partial charge is 0.120 e. The van der Waals surface area contributed by atoms with E-state index in [-0.39, 0.29) is 0 Å². The predicted molar refractivity (Wildman–Crippen MR) is 85.3 cm³/mol. The number of unbranched alkanes of at least 4 members (excludes halogenated alkanes) is 1. The van der Waals surface area contributed by atoms with E-state index < -0.39 is 0 Å². The van der Waals surface area contributed by atoms with Crippen molar-refractivity contribution in [2.24, 2.45) is 5.92 Å². The molecule has 0 spiro atoms. The Morgan fingerprint density at radius 3 is 2.70 bits per heavy atom. The van der Waals surface area contributed by atoms with Crippen molar-refractivity contribution in [3.8, 4) is 5.75 Å². The zero-order valence-corrected chi connectivity index (χ0v) is 13.4. The van der Waals surface area contributed by atoms with Gasteiger partial charge in [-0.1, -0.05) is 39.7 Å². The SMILES string of the molecule is Cc1ccc(O)c2c1C(C)CC2NCCCCC(C)C. The van der Waals surface area contributed by atoms with Crippen molar-refractivity contribution in [2.75, 3.05) is 6.54 Å². The maximum absolute atomic E-state index is 10.2. The first-order valence-corrected chi connectivity index (χ1v) is 8.06. The van der Waals surface area contributed by atoms with E-state index in [1.54, 1.807) is 0 Å². The second-order valence-electron chi connectivity index (χ2n) is 6.76. The summed E-state index contributed by atoms with van der Waals surface area (Å²) in [5, 5.41) is 13.8. The van der Waals surface area contributed by atoms with E-state index in [1.165, 1.54) is 30.4 Å². The molecule has 0 fully saturated rings. The van der Waals surface area contributed by atoms with Gasteiger partial charge in [0, 0.05) is 11.6 Å². The first-order chi connectivity index (χ1) is 9.50. The summed E-state index contributed by atoms with van der Waals surface area (Å²) in [6.07, 6.45) is 4.94. The molecule has 0 bridgehead atoms. The van der Waals surface area contributed by atoms with Crippen molar-refractivity contribution in [3.05, 3.63) is 28.8 Å². The summed E-state index contributed by atoms with van der Waals surface area (Å²) in [6.45, 7) is 10.0. The summed E-state index contributed by atoms with van der Waals surface area (Å²) in [5.41, 5.74) is 3.83. The van der Waals surface area contributed by atoms with Crippen LogP contribution in [0.5, 0.6) is 5.75 Å². The van der Waals surface area contributed by atoms with Crippen LogP contribution in [-0.2, 0) is 0 Å². The highest BCUT2D eigenvalue weighted by Crippen LogP contribution is 2.45. The molecular weight excluding hydrogens is 246 g/mol. The number of aromatic hydroxyl groups is 1. The fourth-order valence-electron chi connectivity index (χ4n) is 3.48. The lowest BCUT2D eigenvalue weighted by atomic mass is 9.97. The summed E-state index contributed by atoms with van der Waals surface area (Å²) in [4.78, 5) is 0. The number of hydrogen-bond donors (Lipinski definition) is 2. The Kier molecular flexibility index (Phi) is 5.09. The molecule has 0 aromatic heterocycles. The lowest BCUT2D eigenvalue weighted by molar-refractivity contribution is 0.438. The second-order valence-corrected chi connectivity index (χ2v) is 6.76. The molecule has 2 rings (SSSR count). The number of fused-ring (bicyclic) bond motifs is 1. The minimum Gasteiger partial charge on any atom is -0.508 e. The Morgan fingerprint density at radius 1 is 1.25 bits per heavy atom. The second kappa shape index (κ2) is 6.62. The van der Waals surface area contributed by atoms with Crippen LogP contribution >= 0.6 is 0 Å². The van der Waals surface area contributed by atoms with E-state index in [0.717, 1.165) is 24.4 Å². The van der Waals surface area contributed by atoms with E-state index in [1.807, 2.05) is 12.1 Å². The first kappa shape index (κ1) is 15.4. The number of benzene rings is 1. The molecular formula is C18H29NO. The molecule has 0 saturated heterocycles. The lowest BCUT2D eigenvalue weighted by Gasteiger charge is -2.16. The third kappa shape index (κ3) is 3.35. The van der Waals surface area contributed by atoms with Crippen molar-refractivity contribution in [3.63, 3.8) is 0 Å². The molecule has 20 heavy (non-hydrogen) atoms. The van der Waals surface area contributed by atoms with Crippen molar-refractivity contribution in [1.82, 2.24) is 5.32 Å². The Hall–Kier alpha value is -1.02. The van der Waals surface area contributed by atoms with Crippen molar-refractivity contribution in [2.45, 2.75) is 65.3 Å². The van der Waals surface area contributed by atoms with Gasteiger partial charge in [0.1, 0.15) is 5.75 Å². The van der Waals surface area contributed by atoms with Crippen LogP contribution in [0.3, 0.4) is 0 Å². The molecule has 2 unspecified atom stereocenters. The van der Waals surface area contributed by atoms with Crippen LogP contribution in [0.15, 0.2) is 12.1 Å². The number of phenols is 1. The molecule has 0 amide bonds. The molecule has 0 heterocycles. The number of hydrogen-bond acceptors (Lipinski definition) is 2. The summed E-state index contributed by atoms with van der Waals surface area (Å²) in [5.74, 6) is 1.81. The molecule has 2 heteroatoms. The van der Waals surface area contributed by atoms with Gasteiger partial charge in [-0.2, -0.15) is 0 Å². The average molecular weight is 275 g/mol. The van der Waals surface area contributed by atoms with Gasteiger partial charge in [-0.05, 0) is 55.3 Å². The van der Waals surface area contributed by atoms with E-state index in [2.05, 4.69) is 33.0 Å². The predicted octanol–water partition coefficient (Wildman–Crippen LogP) is 4.66. The minimum absolute atomic E-state index is 0.332. The Balaban J connectivity index is 1.95. The Bertz CT molecular complexity index is 453. The van der Waals surface area contributed by atoms with Crippen LogP contribution in [0.1, 0.15) is 75.1 Å². The lowest BCUT2D eigenvalue weighted by Crippen LogP contribution is -2.20. The van der Waals surface area contributed by atoms with Crippen LogP contribution in [0.2, 0.25) is 0 Å². The summed E-state index contributed by atoms with van der Waals surface area (Å²) >= 11 is 0. The van der Waals surface area contributed by atoms with Gasteiger partial charge in [0.25, 0.3) is 0 Å². The summed E-state index contributed by atoms with van der Waals surface area (Å²) in [7, 11) is 0. The maximum Gasteiger partial charge on any atom is 0.120 e. The van der Waals surface area contributed by atoms with E-state index >= 15 is 0 Å². The monoisotopic (exact) mass is 275 g/mol. The number of aryl methyl sites for hydroxylation is 1. The van der Waals surface area contributed by atoms with Crippen LogP contribution in [0, 0.1) is 12.8 Å². The quantitative estimate of drug-likeness (QED) is 0.740. The first-order valence-electron chi connectivity index (χ1n) is 8.06. The van der Waals surface area contributed by atoms with Crippen molar-refractivity contribution < 1.29 is 5.11 Å². The molecule has 0 saturated carbocycles. The van der Waals surface area contributed by atoms with Gasteiger partial charge >= 0.3 is 0 Å². The van der Waals surface area contributed by atoms with E-state index in [0.29, 0.717) is 17.7 Å². The molecule has 112 valence electrons. The standard InChI is InChI=1S/C18H29NO/c1-12(2)7-5-6-10-19-15-11-14(4)17-13(3)8-9-16(20)18(15)17/h8-9,12,14-15,19-20H,5-7,10-11H2,1-4H3. The molecule has 1 aliphatic carbocycles. The summed E-state index contributed by atoms with van der Waals surface area (Å²) in [6, 6.07) is 4.22. The van der Waals surface area contributed by atoms with Crippen molar-refractivity contribution in [1.29, 1.82) is 0 Å². The van der Waals surface area contributed by atoms with Gasteiger partial charge in [0.15, 0.2) is 0 Å². The van der Waals surface area contributed by atoms with Crippen LogP contribution < -0.4 is 5.32 Å². The zero-order chi connectivity index (χ0) is 14.7. The molecule has 1 aromatic carbocycles. The number of rotatable bonds is 6. The minimum atomic E-state index is 0.332. The molecule has 2 nitrogen and oxygen atoms in total. The van der Waals surface area contributed by atoms with Gasteiger partial charge in [-0.25, -0.2) is 0 Å². The van der Waals surface area contributed by atoms with E-state index in [9.17, 15) is 5.11 Å². The van der Waals surface area contributed by atoms with Gasteiger partial charge in [-0.15, -0.1) is 0 Å². The maximum atomic E-state index is 10.2. The van der Waals surface area contributed by atoms with Crippen LogP contribution in [0.25, 0.3) is 0 Å². The number of nitrogens with one attached hydrogen (secondary N) is 1. The Morgan fingerprint density at radius 2 is 2.00 bits per heavy atom. The molecule has 0 radical (unpaired) electrons. The third-order valence-corrected chi connectivity index (χ3v) is 4.51. The van der Waals surface area contributed by atoms with Crippen LogP contribution in [-0.4, -0.2) is 11.7 Å². The summed E-state index contributed by atoms with van der Waals surface area (Å²) < 4.78 is 0. The fourth-order valence-corrected chi connectivity index (χ4v) is 3.48. The Labute approximate surface area is 123 Å². The van der Waals surface area contributed by atoms with Crippen molar-refractivity contribution >= 4 is 0 Å². The molecule has 1 aromatic rings. The topological polar surface area (TPSA) is 32.3 Å². The molecule has 1 aliphatic rings. The fraction of sp³-hybridized carbons (Fsp3) is 0.667. The van der Waals surface area contributed by atoms with Gasteiger partial charge in [-0.3, -0.25) is 0 Å². The molecule has 0 aliphatic heterocycles. The van der Waals surface area contributed by atoms with Crippen LogP contribution in [0.4, 0.5) is 0 Å². The normalized spacial score (nSPS) is 21.4. The average Bonchev–Trinajstić information content (AvgIpc) is 2.71. The third-order valence-electron chi connectivity index (χ3n) is 4.51.